The van der Waals surface area contributed by atoms with Gasteiger partial charge in [-0.3, -0.25) is 9.89 Å². The molecule has 0 fully saturated rings. The molecule has 0 unspecified atom stereocenters. The number of amides is 1. The number of hydrogen-bond acceptors (Lipinski definition) is 3. The number of anilines is 1. The molecule has 2 aromatic rings. The van der Waals surface area contributed by atoms with Gasteiger partial charge >= 0.3 is 0 Å². The molecule has 0 radical (unpaired) electrons. The molecule has 2 rings (SSSR count). The van der Waals surface area contributed by atoms with Gasteiger partial charge in [0.25, 0.3) is 5.91 Å². The molecule has 19 heavy (non-hydrogen) atoms. The lowest BCUT2D eigenvalue weighted by molar-refractivity contribution is -0.118. The van der Waals surface area contributed by atoms with Gasteiger partial charge in [0.1, 0.15) is 11.6 Å². The van der Waals surface area contributed by atoms with Gasteiger partial charge in [-0.2, -0.15) is 5.10 Å². The van der Waals surface area contributed by atoms with E-state index in [1.165, 1.54) is 5.56 Å². The zero-order chi connectivity index (χ0) is 13.5. The van der Waals surface area contributed by atoms with E-state index >= 15 is 0 Å². The Balaban J connectivity index is 1.79. The van der Waals surface area contributed by atoms with Crippen molar-refractivity contribution < 1.29 is 9.53 Å². The number of nitrogens with zero attached hydrogens (tertiary/aromatic N) is 1. The maximum atomic E-state index is 11.6. The van der Waals surface area contributed by atoms with Gasteiger partial charge in [0.05, 0.1) is 6.20 Å². The summed E-state index contributed by atoms with van der Waals surface area (Å²) in [6.07, 6.45) is 3.75. The van der Waals surface area contributed by atoms with Crippen LogP contribution >= 0.6 is 0 Å². The second kappa shape index (κ2) is 6.58. The van der Waals surface area contributed by atoms with E-state index in [1.54, 1.807) is 12.3 Å². The molecule has 0 saturated carbocycles. The second-order valence-electron chi connectivity index (χ2n) is 4.20. The first-order chi connectivity index (χ1) is 9.28. The normalized spacial score (nSPS) is 10.2. The van der Waals surface area contributed by atoms with Gasteiger partial charge in [-0.25, -0.2) is 0 Å². The largest absolute Gasteiger partial charge is 0.484 e. The fourth-order valence-electron chi connectivity index (χ4n) is 1.70. The van der Waals surface area contributed by atoms with Crippen molar-refractivity contribution in [2.45, 2.75) is 19.8 Å². The number of rotatable bonds is 6. The lowest BCUT2D eigenvalue weighted by Crippen LogP contribution is -2.20. The molecule has 0 aliphatic heterocycles. The number of carbonyl (C=O) groups excluding carboxylic acids is 1. The average Bonchev–Trinajstić information content (AvgIpc) is 2.91. The minimum Gasteiger partial charge on any atom is -0.484 e. The van der Waals surface area contributed by atoms with Gasteiger partial charge in [-0.1, -0.05) is 25.5 Å². The van der Waals surface area contributed by atoms with Crippen molar-refractivity contribution in [3.8, 4) is 5.75 Å². The van der Waals surface area contributed by atoms with Gasteiger partial charge in [0.15, 0.2) is 6.61 Å². The van der Waals surface area contributed by atoms with Gasteiger partial charge in [0, 0.05) is 6.07 Å². The monoisotopic (exact) mass is 259 g/mol. The Morgan fingerprint density at radius 2 is 2.11 bits per heavy atom. The van der Waals surface area contributed by atoms with Crippen LogP contribution in [0.2, 0.25) is 0 Å². The molecule has 0 aliphatic carbocycles. The number of nitrogens with one attached hydrogen (secondary N) is 2. The van der Waals surface area contributed by atoms with Crippen LogP contribution in [0, 0.1) is 0 Å². The maximum Gasteiger partial charge on any atom is 0.263 e. The summed E-state index contributed by atoms with van der Waals surface area (Å²) in [6, 6.07) is 9.48. The Morgan fingerprint density at radius 3 is 2.74 bits per heavy atom. The van der Waals surface area contributed by atoms with E-state index in [9.17, 15) is 4.79 Å². The molecule has 5 heteroatoms. The van der Waals surface area contributed by atoms with E-state index in [2.05, 4.69) is 22.4 Å². The Labute approximate surface area is 112 Å². The van der Waals surface area contributed by atoms with Crippen LogP contribution in [0.25, 0.3) is 0 Å². The minimum absolute atomic E-state index is 0.0217. The van der Waals surface area contributed by atoms with Gasteiger partial charge in [-0.15, -0.1) is 0 Å². The Morgan fingerprint density at radius 1 is 1.32 bits per heavy atom. The van der Waals surface area contributed by atoms with Crippen LogP contribution in [0.4, 0.5) is 5.82 Å². The smallest absolute Gasteiger partial charge is 0.263 e. The first-order valence-corrected chi connectivity index (χ1v) is 6.29. The first-order valence-electron chi connectivity index (χ1n) is 6.29. The van der Waals surface area contributed by atoms with E-state index in [-0.39, 0.29) is 12.5 Å². The van der Waals surface area contributed by atoms with Crippen LogP contribution in [0.1, 0.15) is 18.9 Å². The summed E-state index contributed by atoms with van der Waals surface area (Å²) in [6.45, 7) is 2.12. The Hall–Kier alpha value is -2.30. The molecule has 1 heterocycles. The molecule has 0 spiro atoms. The van der Waals surface area contributed by atoms with Gasteiger partial charge in [0.2, 0.25) is 0 Å². The summed E-state index contributed by atoms with van der Waals surface area (Å²) >= 11 is 0. The summed E-state index contributed by atoms with van der Waals surface area (Å²) in [7, 11) is 0. The van der Waals surface area contributed by atoms with Crippen LogP contribution < -0.4 is 10.1 Å². The predicted octanol–water partition coefficient (Wildman–Crippen LogP) is 2.38. The summed E-state index contributed by atoms with van der Waals surface area (Å²) < 4.78 is 5.40. The van der Waals surface area contributed by atoms with Gasteiger partial charge in [-0.05, 0) is 24.1 Å². The molecule has 0 atom stereocenters. The highest BCUT2D eigenvalue weighted by molar-refractivity contribution is 5.90. The molecule has 0 saturated heterocycles. The highest BCUT2D eigenvalue weighted by Crippen LogP contribution is 2.13. The number of benzene rings is 1. The fraction of sp³-hybridized carbons (Fsp3) is 0.286. The third kappa shape index (κ3) is 4.13. The molecular formula is C14H17N3O2. The summed E-state index contributed by atoms with van der Waals surface area (Å²) in [5.74, 6) is 1.04. The Bertz CT molecular complexity index is 506. The number of aryl methyl sites for hydroxylation is 1. The molecule has 2 N–H and O–H groups in total. The van der Waals surface area contributed by atoms with Crippen molar-refractivity contribution in [1.29, 1.82) is 0 Å². The zero-order valence-electron chi connectivity index (χ0n) is 10.8. The quantitative estimate of drug-likeness (QED) is 0.837. The lowest BCUT2D eigenvalue weighted by Gasteiger charge is -2.07. The second-order valence-corrected chi connectivity index (χ2v) is 4.20. The van der Waals surface area contributed by atoms with Crippen molar-refractivity contribution in [3.05, 3.63) is 42.1 Å². The molecular weight excluding hydrogens is 242 g/mol. The zero-order valence-corrected chi connectivity index (χ0v) is 10.8. The highest BCUT2D eigenvalue weighted by atomic mass is 16.5. The fourth-order valence-corrected chi connectivity index (χ4v) is 1.70. The van der Waals surface area contributed by atoms with Crippen LogP contribution in [-0.2, 0) is 11.2 Å². The van der Waals surface area contributed by atoms with Crippen molar-refractivity contribution in [2.75, 3.05) is 11.9 Å². The number of aromatic amines is 1. The van der Waals surface area contributed by atoms with Crippen LogP contribution in [0.5, 0.6) is 5.75 Å². The van der Waals surface area contributed by atoms with Gasteiger partial charge < -0.3 is 10.1 Å². The standard InChI is InChI=1S/C14H17N3O2/c1-2-3-11-4-6-12(7-5-11)19-10-14(18)16-13-8-9-15-17-13/h4-9H,2-3,10H2,1H3,(H2,15,16,17,18). The van der Waals surface area contributed by atoms with E-state index in [1.807, 2.05) is 24.3 Å². The van der Waals surface area contributed by atoms with Crippen LogP contribution in [0.3, 0.4) is 0 Å². The summed E-state index contributed by atoms with van der Waals surface area (Å²) in [4.78, 5) is 11.6. The maximum absolute atomic E-state index is 11.6. The molecule has 0 aliphatic rings. The van der Waals surface area contributed by atoms with Crippen molar-refractivity contribution in [3.63, 3.8) is 0 Å². The average molecular weight is 259 g/mol. The molecule has 100 valence electrons. The number of carbonyl (C=O) groups is 1. The minimum atomic E-state index is -0.220. The van der Waals surface area contributed by atoms with E-state index in [0.717, 1.165) is 12.8 Å². The third-order valence-electron chi connectivity index (χ3n) is 2.61. The van der Waals surface area contributed by atoms with E-state index in [4.69, 9.17) is 4.74 Å². The predicted molar refractivity (Wildman–Crippen MR) is 73.1 cm³/mol. The van der Waals surface area contributed by atoms with E-state index in [0.29, 0.717) is 11.6 Å². The topological polar surface area (TPSA) is 67.0 Å². The lowest BCUT2D eigenvalue weighted by atomic mass is 10.1. The Kier molecular flexibility index (Phi) is 4.55. The number of hydrogen-bond donors (Lipinski definition) is 2. The number of H-pyrrole nitrogens is 1. The molecule has 1 amide bonds. The molecule has 1 aromatic heterocycles. The first kappa shape index (κ1) is 13.1. The summed E-state index contributed by atoms with van der Waals surface area (Å²) in [5, 5.41) is 9.03. The third-order valence-corrected chi connectivity index (χ3v) is 2.61. The highest BCUT2D eigenvalue weighted by Gasteiger charge is 2.04. The van der Waals surface area contributed by atoms with Crippen molar-refractivity contribution in [1.82, 2.24) is 10.2 Å². The molecule has 5 nitrogen and oxygen atoms in total. The number of ether oxygens (including phenoxy) is 1. The molecule has 1 aromatic carbocycles. The molecule has 0 bridgehead atoms. The number of aromatic nitrogens is 2. The van der Waals surface area contributed by atoms with Crippen molar-refractivity contribution >= 4 is 11.7 Å². The SMILES string of the molecule is CCCc1ccc(OCC(=O)Nc2ccn[nH]2)cc1. The summed E-state index contributed by atoms with van der Waals surface area (Å²) in [5.41, 5.74) is 1.27. The van der Waals surface area contributed by atoms with Crippen LogP contribution in [-0.4, -0.2) is 22.7 Å². The van der Waals surface area contributed by atoms with E-state index < -0.39 is 0 Å². The van der Waals surface area contributed by atoms with Crippen LogP contribution in [0.15, 0.2) is 36.5 Å². The van der Waals surface area contributed by atoms with Crippen molar-refractivity contribution in [2.24, 2.45) is 0 Å².